The van der Waals surface area contributed by atoms with E-state index in [1.54, 1.807) is 0 Å². The van der Waals surface area contributed by atoms with Gasteiger partial charge in [0.25, 0.3) is 0 Å². The Hall–Kier alpha value is -0.600. The van der Waals surface area contributed by atoms with Crippen LogP contribution in [-0.4, -0.2) is 58.5 Å². The van der Waals surface area contributed by atoms with E-state index >= 15 is 0 Å². The highest BCUT2D eigenvalue weighted by Crippen LogP contribution is 2.36. The van der Waals surface area contributed by atoms with E-state index in [4.69, 9.17) is 0 Å². The number of halogens is 6. The molecule has 6 nitrogen and oxygen atoms in total. The average molecular weight is 467 g/mol. The number of rotatable bonds is 10. The van der Waals surface area contributed by atoms with Gasteiger partial charge in [0.15, 0.2) is 20.0 Å². The summed E-state index contributed by atoms with van der Waals surface area (Å²) in [6, 6.07) is 0. The number of sulfonamides is 2. The van der Waals surface area contributed by atoms with Crippen LogP contribution >= 0.6 is 0 Å². The van der Waals surface area contributed by atoms with Gasteiger partial charge in [0.1, 0.15) is 0 Å². The molecule has 0 amide bonds. The molecular formula is C14H28F6N2O4S2. The summed E-state index contributed by atoms with van der Waals surface area (Å²) >= 11 is 0. The number of quaternary nitrogens is 1. The minimum atomic E-state index is -6.72. The minimum Gasteiger partial charge on any atom is -0.421 e. The lowest BCUT2D eigenvalue weighted by Gasteiger charge is -2.38. The molecule has 0 aromatic rings. The summed E-state index contributed by atoms with van der Waals surface area (Å²) in [6.45, 7) is 14.8. The highest BCUT2D eigenvalue weighted by Gasteiger charge is 2.46. The maximum Gasteiger partial charge on any atom is 0.480 e. The van der Waals surface area contributed by atoms with Crippen LogP contribution in [0.2, 0.25) is 0 Å². The fourth-order valence-electron chi connectivity index (χ4n) is 2.78. The zero-order valence-corrected chi connectivity index (χ0v) is 17.9. The first-order valence-corrected chi connectivity index (χ1v) is 11.5. The van der Waals surface area contributed by atoms with Crippen LogP contribution in [0, 0.1) is 0 Å². The summed E-state index contributed by atoms with van der Waals surface area (Å²) in [7, 11) is -13.4. The monoisotopic (exact) mass is 466 g/mol. The van der Waals surface area contributed by atoms with Crippen LogP contribution in [0.1, 0.15) is 53.4 Å². The highest BCUT2D eigenvalue weighted by atomic mass is 32.3. The Kier molecular flexibility index (Phi) is 12.2. The summed E-state index contributed by atoms with van der Waals surface area (Å²) in [6.07, 6.45) is 5.33. The van der Waals surface area contributed by atoms with Crippen molar-refractivity contribution in [2.45, 2.75) is 64.4 Å². The molecule has 0 bridgehead atoms. The molecule has 0 spiro atoms. The SMILES string of the molecule is CCC[N+](CCC)(CCC)CCC.O=S(=O)([N-]S(=O)(=O)C(F)(F)F)C(F)(F)F. The van der Waals surface area contributed by atoms with Gasteiger partial charge < -0.3 is 8.61 Å². The van der Waals surface area contributed by atoms with Crippen LogP contribution in [0.5, 0.6) is 0 Å². The van der Waals surface area contributed by atoms with Gasteiger partial charge in [-0.1, -0.05) is 27.7 Å². The van der Waals surface area contributed by atoms with Crippen LogP contribution in [0.3, 0.4) is 0 Å². The van der Waals surface area contributed by atoms with E-state index < -0.39 is 31.1 Å². The quantitative estimate of drug-likeness (QED) is 0.351. The Morgan fingerprint density at radius 2 is 0.821 bits per heavy atom. The van der Waals surface area contributed by atoms with Crippen molar-refractivity contribution in [1.29, 1.82) is 0 Å². The number of nitrogens with zero attached hydrogens (tertiary/aromatic N) is 2. The summed E-state index contributed by atoms with van der Waals surface area (Å²) in [5.41, 5.74) is -12.4. The smallest absolute Gasteiger partial charge is 0.421 e. The first kappa shape index (κ1) is 29.6. The van der Waals surface area contributed by atoms with Crippen molar-refractivity contribution in [2.24, 2.45) is 0 Å². The molecule has 0 aliphatic heterocycles. The van der Waals surface area contributed by atoms with Crippen LogP contribution in [0.4, 0.5) is 26.3 Å². The van der Waals surface area contributed by atoms with E-state index in [0.29, 0.717) is 0 Å². The van der Waals surface area contributed by atoms with Crippen LogP contribution in [-0.2, 0) is 20.0 Å². The topological polar surface area (TPSA) is 82.4 Å². The van der Waals surface area contributed by atoms with Gasteiger partial charge in [0.2, 0.25) is 0 Å². The third-order valence-electron chi connectivity index (χ3n) is 3.57. The molecule has 0 aromatic carbocycles. The molecule has 0 radical (unpaired) electrons. The molecule has 0 fully saturated rings. The lowest BCUT2D eigenvalue weighted by Crippen LogP contribution is -2.50. The van der Waals surface area contributed by atoms with Crippen molar-refractivity contribution in [3.05, 3.63) is 4.13 Å². The zero-order chi connectivity index (χ0) is 22.9. The molecule has 14 heteroatoms. The molecule has 0 heterocycles. The summed E-state index contributed by atoms with van der Waals surface area (Å²) in [5.74, 6) is 0. The predicted molar refractivity (Wildman–Crippen MR) is 94.2 cm³/mol. The molecule has 0 rings (SSSR count). The predicted octanol–water partition coefficient (Wildman–Crippen LogP) is 4.50. The third kappa shape index (κ3) is 9.74. The fraction of sp³-hybridized carbons (Fsp3) is 1.00. The zero-order valence-electron chi connectivity index (χ0n) is 16.3. The molecule has 0 aromatic heterocycles. The van der Waals surface area contributed by atoms with Crippen molar-refractivity contribution >= 4 is 20.0 Å². The second-order valence-electron chi connectivity index (χ2n) is 6.15. The van der Waals surface area contributed by atoms with Crippen molar-refractivity contribution < 1.29 is 47.7 Å². The van der Waals surface area contributed by atoms with E-state index in [1.807, 2.05) is 0 Å². The fourth-order valence-corrected chi connectivity index (χ4v) is 4.49. The Balaban J connectivity index is 0. The van der Waals surface area contributed by atoms with Gasteiger partial charge in [-0.25, -0.2) is 16.8 Å². The molecule has 0 aliphatic rings. The average Bonchev–Trinajstić information content (AvgIpc) is 2.45. The Labute approximate surface area is 163 Å². The molecule has 0 saturated heterocycles. The van der Waals surface area contributed by atoms with E-state index in [9.17, 15) is 43.2 Å². The van der Waals surface area contributed by atoms with Gasteiger partial charge in [-0.2, -0.15) is 26.3 Å². The van der Waals surface area contributed by atoms with Gasteiger partial charge in [0, 0.05) is 0 Å². The Morgan fingerprint density at radius 1 is 0.607 bits per heavy atom. The van der Waals surface area contributed by atoms with Crippen LogP contribution in [0.15, 0.2) is 0 Å². The van der Waals surface area contributed by atoms with Crippen molar-refractivity contribution in [3.63, 3.8) is 0 Å². The standard InChI is InChI=1S/C12H28N.C2F6NO4S2/c1-5-9-13(10-6-2,11-7-3)12-8-4;3-1(4,5)14(10,11)9-15(12,13)2(6,7)8/h5-12H2,1-4H3;/q+1;-1. The summed E-state index contributed by atoms with van der Waals surface area (Å²) in [5, 5.41) is 0. The van der Waals surface area contributed by atoms with E-state index in [2.05, 4.69) is 27.7 Å². The van der Waals surface area contributed by atoms with Gasteiger partial charge in [-0.3, -0.25) is 0 Å². The second kappa shape index (κ2) is 11.6. The Morgan fingerprint density at radius 3 is 0.964 bits per heavy atom. The number of hydrogen-bond donors (Lipinski definition) is 0. The molecule has 28 heavy (non-hydrogen) atoms. The van der Waals surface area contributed by atoms with Gasteiger partial charge >= 0.3 is 11.0 Å². The highest BCUT2D eigenvalue weighted by molar-refractivity contribution is 8.13. The van der Waals surface area contributed by atoms with Gasteiger partial charge in [-0.15, -0.1) is 0 Å². The minimum absolute atomic E-state index is 0.778. The third-order valence-corrected chi connectivity index (χ3v) is 6.31. The van der Waals surface area contributed by atoms with Crippen LogP contribution in [0.25, 0.3) is 4.13 Å². The number of alkyl halides is 6. The van der Waals surface area contributed by atoms with E-state index in [-0.39, 0.29) is 0 Å². The van der Waals surface area contributed by atoms with Gasteiger partial charge in [0.05, 0.1) is 26.2 Å². The summed E-state index contributed by atoms with van der Waals surface area (Å²) in [4.78, 5) is 0. The van der Waals surface area contributed by atoms with Crippen molar-refractivity contribution in [2.75, 3.05) is 26.2 Å². The second-order valence-corrected chi connectivity index (χ2v) is 9.57. The maximum atomic E-state index is 11.4. The van der Waals surface area contributed by atoms with Crippen molar-refractivity contribution in [3.8, 4) is 0 Å². The van der Waals surface area contributed by atoms with E-state index in [1.165, 1.54) is 56.3 Å². The first-order chi connectivity index (χ1) is 12.4. The molecule has 0 aliphatic carbocycles. The number of hydrogen-bond acceptors (Lipinski definition) is 4. The molecule has 172 valence electrons. The molecule has 0 N–H and O–H groups in total. The molecule has 0 unspecified atom stereocenters. The van der Waals surface area contributed by atoms with Gasteiger partial charge in [-0.05, 0) is 25.7 Å². The van der Waals surface area contributed by atoms with Crippen LogP contribution < -0.4 is 0 Å². The maximum absolute atomic E-state index is 11.4. The van der Waals surface area contributed by atoms with Crippen molar-refractivity contribution in [1.82, 2.24) is 0 Å². The molecular weight excluding hydrogens is 438 g/mol. The lowest BCUT2D eigenvalue weighted by molar-refractivity contribution is -0.928. The largest absolute Gasteiger partial charge is 0.480 e. The molecule has 0 atom stereocenters. The summed E-state index contributed by atoms with van der Waals surface area (Å²) < 4.78 is 111. The normalized spacial score (nSPS) is 13.8. The lowest BCUT2D eigenvalue weighted by atomic mass is 10.2. The molecule has 0 saturated carbocycles. The Bertz CT molecular complexity index is 574. The van der Waals surface area contributed by atoms with E-state index in [0.717, 1.165) is 4.13 Å². The first-order valence-electron chi connectivity index (χ1n) is 8.67.